The lowest BCUT2D eigenvalue weighted by Crippen LogP contribution is -2.35. The van der Waals surface area contributed by atoms with Crippen LogP contribution in [0.5, 0.6) is 0 Å². The number of benzene rings is 1. The van der Waals surface area contributed by atoms with Crippen molar-refractivity contribution in [2.24, 2.45) is 11.1 Å². The van der Waals surface area contributed by atoms with Gasteiger partial charge in [-0.05, 0) is 31.4 Å². The molecule has 1 aliphatic carbocycles. The fraction of sp³-hybridized carbons (Fsp3) is 0.500. The third-order valence-electron chi connectivity index (χ3n) is 5.68. The molecule has 148 valence electrons. The van der Waals surface area contributed by atoms with Crippen LogP contribution in [-0.4, -0.2) is 34.0 Å². The summed E-state index contributed by atoms with van der Waals surface area (Å²) in [5.41, 5.74) is 3.17. The maximum Gasteiger partial charge on any atom is 0.269 e. The molecule has 1 amide bonds. The van der Waals surface area contributed by atoms with Crippen LogP contribution in [0.25, 0.3) is 0 Å². The van der Waals surface area contributed by atoms with Crippen LogP contribution >= 0.6 is 0 Å². The maximum atomic E-state index is 12.8. The molecule has 0 saturated heterocycles. The van der Waals surface area contributed by atoms with Crippen LogP contribution in [0.4, 0.5) is 0 Å². The summed E-state index contributed by atoms with van der Waals surface area (Å²) in [5.74, 6) is -0.373. The molecule has 0 spiro atoms. The van der Waals surface area contributed by atoms with Crippen molar-refractivity contribution in [3.05, 3.63) is 53.3 Å². The van der Waals surface area contributed by atoms with E-state index in [1.54, 1.807) is 0 Å². The first-order valence-corrected chi connectivity index (χ1v) is 10.1. The van der Waals surface area contributed by atoms with Gasteiger partial charge in [-0.3, -0.25) is 9.48 Å². The summed E-state index contributed by atoms with van der Waals surface area (Å²) < 4.78 is 10.6. The van der Waals surface area contributed by atoms with Crippen LogP contribution in [0.3, 0.4) is 0 Å². The van der Waals surface area contributed by atoms with E-state index in [4.69, 9.17) is 6.21 Å². The van der Waals surface area contributed by atoms with E-state index in [1.807, 2.05) is 54.9 Å². The predicted octanol–water partition coefficient (Wildman–Crippen LogP) is 3.67. The molecule has 2 atom stereocenters. The number of aromatic nitrogens is 2. The summed E-state index contributed by atoms with van der Waals surface area (Å²) in [6.07, 6.45) is 3.81. The number of oxime groups is 1. The van der Waals surface area contributed by atoms with Crippen LogP contribution in [0.1, 0.15) is 61.8 Å². The van der Waals surface area contributed by atoms with Gasteiger partial charge in [0.1, 0.15) is 11.8 Å². The van der Waals surface area contributed by atoms with Gasteiger partial charge in [-0.2, -0.15) is 5.10 Å². The van der Waals surface area contributed by atoms with E-state index in [0.717, 1.165) is 24.1 Å². The molecule has 1 aromatic carbocycles. The molecule has 28 heavy (non-hydrogen) atoms. The Morgan fingerprint density at radius 3 is 2.82 bits per heavy atom. The topological polar surface area (TPSA) is 68.5 Å². The Morgan fingerprint density at radius 1 is 1.32 bits per heavy atom. The van der Waals surface area contributed by atoms with Crippen LogP contribution < -0.4 is 5.32 Å². The van der Waals surface area contributed by atoms with E-state index in [2.05, 4.69) is 15.6 Å². The molecule has 2 aromatic rings. The normalized spacial score (nSPS) is 25.3. The number of hydrogen-bond acceptors (Lipinski definition) is 4. The molecule has 0 bridgehead atoms. The maximum absolute atomic E-state index is 12.8. The summed E-state index contributed by atoms with van der Waals surface area (Å²) in [4.78, 5) is 18.3. The Bertz CT molecular complexity index is 905. The van der Waals surface area contributed by atoms with Gasteiger partial charge in [0.05, 0.1) is 25.4 Å². The van der Waals surface area contributed by atoms with Gasteiger partial charge in [-0.1, -0.05) is 55.3 Å². The van der Waals surface area contributed by atoms with Gasteiger partial charge in [0, 0.05) is 12.3 Å². The molecule has 2 heterocycles. The van der Waals surface area contributed by atoms with E-state index in [1.165, 1.54) is 12.8 Å². The number of rotatable bonds is 6. The Hall–Kier alpha value is -2.63. The fourth-order valence-corrected chi connectivity index (χ4v) is 4.00. The van der Waals surface area contributed by atoms with Crippen LogP contribution in [0.15, 0.2) is 41.6 Å². The van der Waals surface area contributed by atoms with E-state index < -0.39 is 6.08 Å². The van der Waals surface area contributed by atoms with Crippen LogP contribution in [0.2, 0.25) is 0 Å². The van der Waals surface area contributed by atoms with Crippen molar-refractivity contribution in [1.82, 2.24) is 15.1 Å². The second kappa shape index (κ2) is 8.17. The zero-order valence-electron chi connectivity index (χ0n) is 17.5. The van der Waals surface area contributed by atoms with E-state index in [0.29, 0.717) is 23.9 Å². The lowest BCUT2D eigenvalue weighted by atomic mass is 9.94. The number of nitrogens with one attached hydrogen (secondary N) is 1. The Balaban J connectivity index is 1.39. The SMILES string of the molecule is [2H]C1(Cc2ccccc2)ON=C(CNC(=O)c2cc(C)nn2C2CCCC2)C1C. The Kier molecular flexibility index (Phi) is 5.09. The van der Waals surface area contributed by atoms with Crippen molar-refractivity contribution in [3.8, 4) is 0 Å². The first kappa shape index (κ1) is 17.5. The molecular formula is C22H28N4O2. The molecule has 6 heteroatoms. The molecule has 6 nitrogen and oxygen atoms in total. The van der Waals surface area contributed by atoms with Crippen LogP contribution in [-0.2, 0) is 11.3 Å². The van der Waals surface area contributed by atoms with Crippen molar-refractivity contribution in [2.75, 3.05) is 6.54 Å². The van der Waals surface area contributed by atoms with Crippen molar-refractivity contribution in [3.63, 3.8) is 0 Å². The van der Waals surface area contributed by atoms with Crippen molar-refractivity contribution < 1.29 is 11.0 Å². The quantitative estimate of drug-likeness (QED) is 0.830. The highest BCUT2D eigenvalue weighted by Gasteiger charge is 2.31. The Labute approximate surface area is 167 Å². The Morgan fingerprint density at radius 2 is 2.07 bits per heavy atom. The largest absolute Gasteiger partial charge is 0.391 e. The summed E-state index contributed by atoms with van der Waals surface area (Å²) in [6.45, 7) is 4.11. The highest BCUT2D eigenvalue weighted by atomic mass is 16.6. The average molecular weight is 381 g/mol. The third kappa shape index (κ3) is 3.96. The molecule has 2 unspecified atom stereocenters. The van der Waals surface area contributed by atoms with Crippen molar-refractivity contribution >= 4 is 11.6 Å². The minimum Gasteiger partial charge on any atom is -0.391 e. The smallest absolute Gasteiger partial charge is 0.269 e. The zero-order valence-corrected chi connectivity index (χ0v) is 16.5. The minimum atomic E-state index is -1.15. The van der Waals surface area contributed by atoms with Gasteiger partial charge in [0.2, 0.25) is 0 Å². The summed E-state index contributed by atoms with van der Waals surface area (Å²) in [7, 11) is 0. The fourth-order valence-electron chi connectivity index (χ4n) is 4.00. The zero-order chi connectivity index (χ0) is 20.4. The second-order valence-corrected chi connectivity index (χ2v) is 7.76. The monoisotopic (exact) mass is 381 g/mol. The number of hydrogen-bond donors (Lipinski definition) is 1. The predicted molar refractivity (Wildman–Crippen MR) is 108 cm³/mol. The van der Waals surface area contributed by atoms with Crippen LogP contribution in [0, 0.1) is 12.8 Å². The number of nitrogens with zero attached hydrogens (tertiary/aromatic N) is 3. The number of amides is 1. The molecule has 1 saturated carbocycles. The lowest BCUT2D eigenvalue weighted by Gasteiger charge is -2.16. The minimum absolute atomic E-state index is 0.155. The second-order valence-electron chi connectivity index (χ2n) is 7.76. The molecular weight excluding hydrogens is 352 g/mol. The van der Waals surface area contributed by atoms with Crippen molar-refractivity contribution in [1.29, 1.82) is 0 Å². The standard InChI is InChI=1S/C22H28N4O2/c1-15-12-20(26(24-15)18-10-6-7-11-18)22(27)23-14-19-16(2)21(28-25-19)13-17-8-4-3-5-9-17/h3-5,8-9,12,16,18,21H,6-7,10-11,13-14H2,1-2H3,(H,23,27)/i21D. The van der Waals surface area contributed by atoms with Gasteiger partial charge >= 0.3 is 0 Å². The number of carbonyl (C=O) groups excluding carboxylic acids is 1. The van der Waals surface area contributed by atoms with Gasteiger partial charge in [-0.15, -0.1) is 0 Å². The van der Waals surface area contributed by atoms with Gasteiger partial charge < -0.3 is 10.2 Å². The van der Waals surface area contributed by atoms with E-state index in [9.17, 15) is 4.79 Å². The van der Waals surface area contributed by atoms with E-state index in [-0.39, 0.29) is 18.4 Å². The molecule has 4 rings (SSSR count). The third-order valence-corrected chi connectivity index (χ3v) is 5.68. The highest BCUT2D eigenvalue weighted by Crippen LogP contribution is 2.30. The first-order chi connectivity index (χ1) is 14.0. The van der Waals surface area contributed by atoms with Gasteiger partial charge in [-0.25, -0.2) is 0 Å². The number of carbonyl (C=O) groups is 1. The summed E-state index contributed by atoms with van der Waals surface area (Å²) in [6, 6.07) is 12.0. The highest BCUT2D eigenvalue weighted by molar-refractivity contribution is 5.97. The molecule has 1 aromatic heterocycles. The molecule has 2 aliphatic rings. The van der Waals surface area contributed by atoms with Gasteiger partial charge in [0.15, 0.2) is 0 Å². The van der Waals surface area contributed by atoms with Gasteiger partial charge in [0.25, 0.3) is 5.91 Å². The number of aryl methyl sites for hydroxylation is 1. The summed E-state index contributed by atoms with van der Waals surface area (Å²) >= 11 is 0. The first-order valence-electron chi connectivity index (χ1n) is 10.6. The molecule has 1 fully saturated rings. The van der Waals surface area contributed by atoms with Crippen molar-refractivity contribution in [2.45, 2.75) is 58.1 Å². The molecule has 1 N–H and O–H groups in total. The average Bonchev–Trinajstić information content (AvgIpc) is 3.42. The molecule has 0 radical (unpaired) electrons. The molecule has 1 aliphatic heterocycles. The lowest BCUT2D eigenvalue weighted by molar-refractivity contribution is 0.0660. The van der Waals surface area contributed by atoms with E-state index >= 15 is 0 Å². The summed E-state index contributed by atoms with van der Waals surface area (Å²) in [5, 5.41) is 11.6.